The van der Waals surface area contributed by atoms with E-state index in [9.17, 15) is 0 Å². The molecule has 3 nitrogen and oxygen atoms in total. The van der Waals surface area contributed by atoms with E-state index in [0.29, 0.717) is 6.04 Å². The maximum absolute atomic E-state index is 5.47. The van der Waals surface area contributed by atoms with Crippen molar-refractivity contribution < 1.29 is 4.74 Å². The number of halogens is 1. The lowest BCUT2D eigenvalue weighted by Crippen LogP contribution is -2.43. The molecule has 106 valence electrons. The molecule has 1 N–H and O–H groups in total. The Balaban J connectivity index is 1.66. The molecule has 0 aliphatic carbocycles. The molecule has 19 heavy (non-hydrogen) atoms. The third-order valence-corrected chi connectivity index (χ3v) is 4.35. The summed E-state index contributed by atoms with van der Waals surface area (Å²) in [4.78, 5) is 2.40. The van der Waals surface area contributed by atoms with E-state index in [1.54, 1.807) is 0 Å². The van der Waals surface area contributed by atoms with Gasteiger partial charge < -0.3 is 15.0 Å². The van der Waals surface area contributed by atoms with Gasteiger partial charge in [-0.05, 0) is 38.1 Å². The molecule has 0 radical (unpaired) electrons. The average Bonchev–Trinajstić information content (AvgIpc) is 2.45. The van der Waals surface area contributed by atoms with Gasteiger partial charge >= 0.3 is 0 Å². The van der Waals surface area contributed by atoms with Crippen molar-refractivity contribution in [2.24, 2.45) is 0 Å². The minimum Gasteiger partial charge on any atom is -0.379 e. The second-order valence-electron chi connectivity index (χ2n) is 5.16. The predicted octanol–water partition coefficient (Wildman–Crippen LogP) is 2.30. The van der Waals surface area contributed by atoms with Crippen molar-refractivity contribution in [2.45, 2.75) is 18.9 Å². The van der Waals surface area contributed by atoms with Gasteiger partial charge in [-0.25, -0.2) is 0 Å². The van der Waals surface area contributed by atoms with Gasteiger partial charge in [0.15, 0.2) is 0 Å². The third kappa shape index (κ3) is 5.22. The zero-order valence-corrected chi connectivity index (χ0v) is 13.2. The third-order valence-electron chi connectivity index (χ3n) is 3.58. The molecule has 0 aromatic heterocycles. The maximum atomic E-state index is 5.47. The molecular formula is C15H23BrN2O. The van der Waals surface area contributed by atoms with E-state index in [-0.39, 0.29) is 0 Å². The normalized spacial score (nSPS) is 19.8. The van der Waals surface area contributed by atoms with Crippen LogP contribution in [0.4, 0.5) is 0 Å². The van der Waals surface area contributed by atoms with Crippen molar-refractivity contribution in [1.82, 2.24) is 10.2 Å². The first-order valence-corrected chi connectivity index (χ1v) is 7.78. The van der Waals surface area contributed by atoms with E-state index in [4.69, 9.17) is 4.74 Å². The molecule has 0 saturated carbocycles. The van der Waals surface area contributed by atoms with E-state index >= 15 is 0 Å². The summed E-state index contributed by atoms with van der Waals surface area (Å²) in [5.41, 5.74) is 1.38. The van der Waals surface area contributed by atoms with Gasteiger partial charge in [-0.3, -0.25) is 0 Å². The van der Waals surface area contributed by atoms with E-state index in [0.717, 1.165) is 45.7 Å². The van der Waals surface area contributed by atoms with Crippen LogP contribution in [-0.2, 0) is 11.2 Å². The Morgan fingerprint density at radius 1 is 1.37 bits per heavy atom. The van der Waals surface area contributed by atoms with Gasteiger partial charge in [-0.1, -0.05) is 34.1 Å². The Labute approximate surface area is 124 Å². The highest BCUT2D eigenvalue weighted by molar-refractivity contribution is 9.10. The van der Waals surface area contributed by atoms with Crippen molar-refractivity contribution in [3.8, 4) is 0 Å². The lowest BCUT2D eigenvalue weighted by atomic mass is 10.1. The number of benzene rings is 1. The highest BCUT2D eigenvalue weighted by atomic mass is 79.9. The van der Waals surface area contributed by atoms with Gasteiger partial charge in [0.05, 0.1) is 13.2 Å². The summed E-state index contributed by atoms with van der Waals surface area (Å²) in [5, 5.41) is 3.50. The number of morpholine rings is 1. The van der Waals surface area contributed by atoms with Gasteiger partial charge in [0.25, 0.3) is 0 Å². The summed E-state index contributed by atoms with van der Waals surface area (Å²) in [7, 11) is 2.19. The molecule has 1 unspecified atom stereocenters. The lowest BCUT2D eigenvalue weighted by Gasteiger charge is -2.26. The molecule has 1 aromatic rings. The molecule has 4 heteroatoms. The number of rotatable bonds is 6. The van der Waals surface area contributed by atoms with Crippen LogP contribution in [0.15, 0.2) is 28.7 Å². The second-order valence-corrected chi connectivity index (χ2v) is 6.01. The molecule has 1 aliphatic rings. The number of hydrogen-bond acceptors (Lipinski definition) is 3. The Kier molecular flexibility index (Phi) is 6.31. The molecule has 2 rings (SSSR count). The van der Waals surface area contributed by atoms with Crippen LogP contribution >= 0.6 is 15.9 Å². The van der Waals surface area contributed by atoms with Crippen LogP contribution in [0.1, 0.15) is 12.0 Å². The van der Waals surface area contributed by atoms with E-state index < -0.39 is 0 Å². The number of nitrogens with one attached hydrogen (secondary N) is 1. The van der Waals surface area contributed by atoms with Crippen molar-refractivity contribution in [2.75, 3.05) is 39.9 Å². The van der Waals surface area contributed by atoms with Gasteiger partial charge in [0.1, 0.15) is 0 Å². The van der Waals surface area contributed by atoms with Crippen LogP contribution in [0, 0.1) is 0 Å². The number of nitrogens with zero attached hydrogens (tertiary/aromatic N) is 1. The summed E-state index contributed by atoms with van der Waals surface area (Å²) in [6, 6.07) is 8.99. The van der Waals surface area contributed by atoms with Crippen LogP contribution in [0.25, 0.3) is 0 Å². The van der Waals surface area contributed by atoms with Crippen LogP contribution < -0.4 is 5.32 Å². The van der Waals surface area contributed by atoms with Gasteiger partial charge in [-0.15, -0.1) is 0 Å². The first-order chi connectivity index (χ1) is 9.25. The van der Waals surface area contributed by atoms with Crippen LogP contribution in [-0.4, -0.2) is 50.8 Å². The van der Waals surface area contributed by atoms with E-state index in [1.807, 2.05) is 0 Å². The molecule has 1 heterocycles. The van der Waals surface area contributed by atoms with Crippen molar-refractivity contribution in [3.63, 3.8) is 0 Å². The zero-order valence-electron chi connectivity index (χ0n) is 11.6. The molecule has 0 bridgehead atoms. The fourth-order valence-corrected chi connectivity index (χ4v) is 2.79. The summed E-state index contributed by atoms with van der Waals surface area (Å²) in [6.45, 7) is 4.92. The van der Waals surface area contributed by atoms with Crippen LogP contribution in [0.3, 0.4) is 0 Å². The van der Waals surface area contributed by atoms with Gasteiger partial charge in [0, 0.05) is 23.6 Å². The maximum Gasteiger partial charge on any atom is 0.0620 e. The number of likely N-dealkylation sites (N-methyl/N-ethyl adjacent to an activating group) is 1. The monoisotopic (exact) mass is 326 g/mol. The first kappa shape index (κ1) is 15.0. The summed E-state index contributed by atoms with van der Waals surface area (Å²) in [6.07, 6.45) is 2.25. The molecule has 1 fully saturated rings. The molecule has 1 aromatic carbocycles. The lowest BCUT2D eigenvalue weighted by molar-refractivity contribution is 0.0711. The Bertz CT molecular complexity index is 380. The standard InChI is InChI=1S/C15H23BrN2O/c1-18(10-7-14-12-19-11-8-17-14)9-6-13-4-2-3-5-15(13)16/h2-5,14,17H,6-12H2,1H3. The topological polar surface area (TPSA) is 24.5 Å². The number of hydrogen-bond donors (Lipinski definition) is 1. The molecule has 0 amide bonds. The molecule has 1 saturated heterocycles. The van der Waals surface area contributed by atoms with Crippen molar-refractivity contribution >= 4 is 15.9 Å². The van der Waals surface area contributed by atoms with Crippen molar-refractivity contribution in [1.29, 1.82) is 0 Å². The largest absolute Gasteiger partial charge is 0.379 e. The van der Waals surface area contributed by atoms with Crippen molar-refractivity contribution in [3.05, 3.63) is 34.3 Å². The van der Waals surface area contributed by atoms with Gasteiger partial charge in [-0.2, -0.15) is 0 Å². The second kappa shape index (κ2) is 8.00. The van der Waals surface area contributed by atoms with Crippen LogP contribution in [0.5, 0.6) is 0 Å². The minimum atomic E-state index is 0.527. The fourth-order valence-electron chi connectivity index (χ4n) is 2.31. The molecule has 1 atom stereocenters. The Morgan fingerprint density at radius 3 is 2.95 bits per heavy atom. The minimum absolute atomic E-state index is 0.527. The fraction of sp³-hybridized carbons (Fsp3) is 0.600. The quantitative estimate of drug-likeness (QED) is 0.868. The first-order valence-electron chi connectivity index (χ1n) is 6.99. The van der Waals surface area contributed by atoms with E-state index in [2.05, 4.69) is 57.5 Å². The summed E-state index contributed by atoms with van der Waals surface area (Å²) < 4.78 is 6.69. The highest BCUT2D eigenvalue weighted by Crippen LogP contribution is 2.16. The SMILES string of the molecule is CN(CCc1ccccc1Br)CCC1COCCN1. The Morgan fingerprint density at radius 2 is 2.21 bits per heavy atom. The van der Waals surface area contributed by atoms with E-state index in [1.165, 1.54) is 10.0 Å². The smallest absolute Gasteiger partial charge is 0.0620 e. The van der Waals surface area contributed by atoms with Crippen LogP contribution in [0.2, 0.25) is 0 Å². The number of ether oxygens (including phenoxy) is 1. The average molecular weight is 327 g/mol. The molecular weight excluding hydrogens is 304 g/mol. The predicted molar refractivity (Wildman–Crippen MR) is 82.6 cm³/mol. The molecule has 1 aliphatic heterocycles. The van der Waals surface area contributed by atoms with Gasteiger partial charge in [0.2, 0.25) is 0 Å². The highest BCUT2D eigenvalue weighted by Gasteiger charge is 2.13. The Hall–Kier alpha value is -0.420. The zero-order chi connectivity index (χ0) is 13.5. The summed E-state index contributed by atoms with van der Waals surface area (Å²) >= 11 is 3.60. The summed E-state index contributed by atoms with van der Waals surface area (Å²) in [5.74, 6) is 0. The molecule has 0 spiro atoms.